The van der Waals surface area contributed by atoms with E-state index in [4.69, 9.17) is 0 Å². The Morgan fingerprint density at radius 3 is 2.73 bits per heavy atom. The Kier molecular flexibility index (Phi) is 5.61. The van der Waals surface area contributed by atoms with Gasteiger partial charge in [0.1, 0.15) is 11.2 Å². The number of rotatable bonds is 6. The summed E-state index contributed by atoms with van der Waals surface area (Å²) in [7, 11) is 0. The van der Waals surface area contributed by atoms with Crippen molar-refractivity contribution in [3.63, 3.8) is 0 Å². The molecule has 3 heterocycles. The molecule has 4 rings (SSSR count). The number of anilines is 1. The Morgan fingerprint density at radius 2 is 2.00 bits per heavy atom. The Hall–Kier alpha value is -2.72. The lowest BCUT2D eigenvalue weighted by Crippen LogP contribution is -2.29. The number of para-hydroxylation sites is 1. The number of carbonyl (C=O) groups excluding carboxylic acids is 1. The van der Waals surface area contributed by atoms with E-state index in [0.717, 1.165) is 15.6 Å². The molecule has 8 nitrogen and oxygen atoms in total. The van der Waals surface area contributed by atoms with Crippen molar-refractivity contribution < 1.29 is 4.79 Å². The van der Waals surface area contributed by atoms with Gasteiger partial charge < -0.3 is 5.32 Å². The predicted molar refractivity (Wildman–Crippen MR) is 121 cm³/mol. The van der Waals surface area contributed by atoms with Gasteiger partial charge in [0.15, 0.2) is 0 Å². The van der Waals surface area contributed by atoms with Crippen LogP contribution in [0.2, 0.25) is 0 Å². The molecule has 0 radical (unpaired) electrons. The highest BCUT2D eigenvalue weighted by atomic mass is 79.9. The molecule has 0 unspecified atom stereocenters. The number of carbonyl (C=O) groups is 1. The van der Waals surface area contributed by atoms with Gasteiger partial charge in [0.2, 0.25) is 11.7 Å². The molecule has 0 saturated carbocycles. The first-order chi connectivity index (χ1) is 14.4. The SMILES string of the molecule is CC(C)CCn1c(=O)c2sccc2n2c(=O)n(CC(=O)Nc3ccccc3Br)nc12. The molecule has 0 fully saturated rings. The number of aromatic nitrogens is 4. The third-order valence-electron chi connectivity index (χ3n) is 4.76. The Bertz CT molecular complexity index is 1360. The zero-order valence-electron chi connectivity index (χ0n) is 16.5. The number of hydrogen-bond donors (Lipinski definition) is 1. The smallest absolute Gasteiger partial charge is 0.323 e. The summed E-state index contributed by atoms with van der Waals surface area (Å²) in [5.41, 5.74) is 0.508. The van der Waals surface area contributed by atoms with Crippen molar-refractivity contribution in [1.82, 2.24) is 18.7 Å². The van der Waals surface area contributed by atoms with E-state index in [-0.39, 0.29) is 23.8 Å². The van der Waals surface area contributed by atoms with Crippen LogP contribution in [0.1, 0.15) is 20.3 Å². The molecule has 30 heavy (non-hydrogen) atoms. The fraction of sp³-hybridized carbons (Fsp3) is 0.300. The van der Waals surface area contributed by atoms with Crippen LogP contribution in [0.5, 0.6) is 0 Å². The summed E-state index contributed by atoms with van der Waals surface area (Å²) in [6, 6.07) is 8.95. The van der Waals surface area contributed by atoms with E-state index >= 15 is 0 Å². The average molecular weight is 490 g/mol. The lowest BCUT2D eigenvalue weighted by molar-refractivity contribution is -0.117. The number of aryl methyl sites for hydroxylation is 1. The van der Waals surface area contributed by atoms with Crippen molar-refractivity contribution in [2.45, 2.75) is 33.4 Å². The van der Waals surface area contributed by atoms with Crippen molar-refractivity contribution >= 4 is 54.9 Å². The van der Waals surface area contributed by atoms with Gasteiger partial charge in [-0.05, 0) is 51.8 Å². The second-order valence-electron chi connectivity index (χ2n) is 7.38. The lowest BCUT2D eigenvalue weighted by atomic mass is 10.1. The van der Waals surface area contributed by atoms with Crippen LogP contribution in [0.3, 0.4) is 0 Å². The topological polar surface area (TPSA) is 90.4 Å². The van der Waals surface area contributed by atoms with E-state index in [0.29, 0.717) is 28.4 Å². The quantitative estimate of drug-likeness (QED) is 0.449. The number of benzene rings is 1. The van der Waals surface area contributed by atoms with Gasteiger partial charge >= 0.3 is 5.69 Å². The van der Waals surface area contributed by atoms with Crippen LogP contribution in [-0.4, -0.2) is 24.7 Å². The third kappa shape index (κ3) is 3.72. The molecule has 0 aliphatic heterocycles. The van der Waals surface area contributed by atoms with E-state index in [1.54, 1.807) is 23.6 Å². The van der Waals surface area contributed by atoms with Gasteiger partial charge in [0.25, 0.3) is 5.56 Å². The normalized spacial score (nSPS) is 11.6. The number of fused-ring (bicyclic) bond motifs is 3. The van der Waals surface area contributed by atoms with E-state index in [1.807, 2.05) is 12.1 Å². The van der Waals surface area contributed by atoms with Crippen LogP contribution < -0.4 is 16.6 Å². The van der Waals surface area contributed by atoms with Crippen LogP contribution in [-0.2, 0) is 17.9 Å². The molecule has 0 aliphatic rings. The van der Waals surface area contributed by atoms with Crippen molar-refractivity contribution in [3.8, 4) is 0 Å². The number of amides is 1. The van der Waals surface area contributed by atoms with Gasteiger partial charge in [-0.25, -0.2) is 13.9 Å². The molecule has 4 aromatic rings. The fourth-order valence-electron chi connectivity index (χ4n) is 3.21. The molecule has 0 spiro atoms. The van der Waals surface area contributed by atoms with E-state index in [1.165, 1.54) is 20.3 Å². The summed E-state index contributed by atoms with van der Waals surface area (Å²) in [5, 5.41) is 8.89. The lowest BCUT2D eigenvalue weighted by Gasteiger charge is -2.09. The average Bonchev–Trinajstić information content (AvgIpc) is 3.29. The maximum absolute atomic E-state index is 13.1. The first-order valence-corrected chi connectivity index (χ1v) is 11.2. The summed E-state index contributed by atoms with van der Waals surface area (Å²) in [5.74, 6) is 0.259. The van der Waals surface area contributed by atoms with Gasteiger partial charge in [-0.15, -0.1) is 16.4 Å². The molecule has 0 bridgehead atoms. The zero-order valence-corrected chi connectivity index (χ0v) is 18.9. The van der Waals surface area contributed by atoms with Crippen LogP contribution in [0.4, 0.5) is 5.69 Å². The second kappa shape index (κ2) is 8.19. The minimum Gasteiger partial charge on any atom is -0.323 e. The molecule has 0 saturated heterocycles. The van der Waals surface area contributed by atoms with Crippen molar-refractivity contribution in [2.75, 3.05) is 5.32 Å². The molecule has 1 N–H and O–H groups in total. The van der Waals surface area contributed by atoms with Gasteiger partial charge in [-0.3, -0.25) is 14.2 Å². The summed E-state index contributed by atoms with van der Waals surface area (Å²) in [6.45, 7) is 4.34. The van der Waals surface area contributed by atoms with Gasteiger partial charge in [0, 0.05) is 11.0 Å². The van der Waals surface area contributed by atoms with E-state index < -0.39 is 5.69 Å². The molecule has 1 amide bonds. The maximum Gasteiger partial charge on any atom is 0.352 e. The first kappa shape index (κ1) is 20.5. The molecular weight excluding hydrogens is 470 g/mol. The molecule has 1 aromatic carbocycles. The maximum atomic E-state index is 13.1. The largest absolute Gasteiger partial charge is 0.352 e. The standard InChI is InChI=1S/C20H20BrN5O3S/c1-12(2)7-9-24-18(28)17-15(8-10-30-17)26-19(24)23-25(20(26)29)11-16(27)22-14-6-4-3-5-13(14)21/h3-6,8,10,12H,7,9,11H2,1-2H3,(H,22,27). The monoisotopic (exact) mass is 489 g/mol. The van der Waals surface area contributed by atoms with Crippen LogP contribution in [0.25, 0.3) is 16.0 Å². The molecule has 0 aliphatic carbocycles. The highest BCUT2D eigenvalue weighted by Gasteiger charge is 2.19. The van der Waals surface area contributed by atoms with Gasteiger partial charge in [-0.1, -0.05) is 26.0 Å². The third-order valence-corrected chi connectivity index (χ3v) is 6.34. The second-order valence-corrected chi connectivity index (χ2v) is 9.15. The summed E-state index contributed by atoms with van der Waals surface area (Å²) in [6.07, 6.45) is 0.774. The van der Waals surface area contributed by atoms with Crippen LogP contribution >= 0.6 is 27.3 Å². The Labute approximate surface area is 183 Å². The first-order valence-electron chi connectivity index (χ1n) is 9.50. The number of thiophene rings is 1. The summed E-state index contributed by atoms with van der Waals surface area (Å²) >= 11 is 4.68. The van der Waals surface area contributed by atoms with Crippen molar-refractivity contribution in [3.05, 3.63) is 61.0 Å². The van der Waals surface area contributed by atoms with Crippen LogP contribution in [0, 0.1) is 5.92 Å². The van der Waals surface area contributed by atoms with Crippen molar-refractivity contribution in [1.29, 1.82) is 0 Å². The number of hydrogen-bond acceptors (Lipinski definition) is 5. The highest BCUT2D eigenvalue weighted by molar-refractivity contribution is 9.10. The number of nitrogens with zero attached hydrogens (tertiary/aromatic N) is 4. The zero-order chi connectivity index (χ0) is 21.4. The molecular formula is C20H20BrN5O3S. The molecule has 10 heteroatoms. The molecule has 3 aromatic heterocycles. The Morgan fingerprint density at radius 1 is 1.23 bits per heavy atom. The minimum atomic E-state index is -0.450. The minimum absolute atomic E-state index is 0.164. The summed E-state index contributed by atoms with van der Waals surface area (Å²) in [4.78, 5) is 38.6. The number of halogens is 1. The van der Waals surface area contributed by atoms with E-state index in [9.17, 15) is 14.4 Å². The molecule has 0 atom stereocenters. The van der Waals surface area contributed by atoms with Crippen LogP contribution in [0.15, 0.2) is 49.8 Å². The summed E-state index contributed by atoms with van der Waals surface area (Å²) < 4.78 is 5.29. The Balaban J connectivity index is 1.76. The van der Waals surface area contributed by atoms with Gasteiger partial charge in [0.05, 0.1) is 11.2 Å². The fourth-order valence-corrected chi connectivity index (χ4v) is 4.42. The van der Waals surface area contributed by atoms with E-state index in [2.05, 4.69) is 40.2 Å². The van der Waals surface area contributed by atoms with Crippen molar-refractivity contribution in [2.24, 2.45) is 5.92 Å². The highest BCUT2D eigenvalue weighted by Crippen LogP contribution is 2.21. The van der Waals surface area contributed by atoms with Gasteiger partial charge in [-0.2, -0.15) is 0 Å². The predicted octanol–water partition coefficient (Wildman–Crippen LogP) is 3.32. The number of nitrogens with one attached hydrogen (secondary N) is 1. The molecule has 156 valence electrons.